The van der Waals surface area contributed by atoms with E-state index in [0.29, 0.717) is 5.41 Å². The molecule has 2 heteroatoms. The molecule has 1 aromatic carbocycles. The zero-order valence-electron chi connectivity index (χ0n) is 10.2. The molecule has 0 spiro atoms. The van der Waals surface area contributed by atoms with Crippen molar-refractivity contribution >= 4 is 5.69 Å². The van der Waals surface area contributed by atoms with Crippen molar-refractivity contribution in [1.29, 1.82) is 0 Å². The number of hydrogen-bond acceptors (Lipinski definition) is 2. The van der Waals surface area contributed by atoms with Gasteiger partial charge in [-0.05, 0) is 30.5 Å². The molecule has 0 aromatic heterocycles. The van der Waals surface area contributed by atoms with Crippen molar-refractivity contribution in [3.63, 3.8) is 0 Å². The van der Waals surface area contributed by atoms with Crippen molar-refractivity contribution in [2.24, 2.45) is 5.41 Å². The minimum absolute atomic E-state index is 0.133. The minimum atomic E-state index is 0.133. The predicted molar refractivity (Wildman–Crippen MR) is 67.6 cm³/mol. The second-order valence-electron chi connectivity index (χ2n) is 4.89. The standard InChI is InChI=1S/C14H21NO/c1-3-14(4-2)10-15(11-14)13-7-5-12(9-16)6-8-13/h5-8,16H,3-4,9-11H2,1-2H3. The van der Waals surface area contributed by atoms with Crippen molar-refractivity contribution in [3.8, 4) is 0 Å². The molecular weight excluding hydrogens is 198 g/mol. The molecule has 16 heavy (non-hydrogen) atoms. The van der Waals surface area contributed by atoms with Gasteiger partial charge in [0.2, 0.25) is 0 Å². The normalized spacial score (nSPS) is 18.3. The number of rotatable bonds is 4. The van der Waals surface area contributed by atoms with E-state index in [4.69, 9.17) is 5.11 Å². The van der Waals surface area contributed by atoms with Crippen LogP contribution in [0.3, 0.4) is 0 Å². The minimum Gasteiger partial charge on any atom is -0.392 e. The van der Waals surface area contributed by atoms with E-state index in [1.54, 1.807) is 0 Å². The lowest BCUT2D eigenvalue weighted by Gasteiger charge is -2.51. The lowest BCUT2D eigenvalue weighted by molar-refractivity contribution is 0.194. The first-order valence-electron chi connectivity index (χ1n) is 6.18. The van der Waals surface area contributed by atoms with Gasteiger partial charge in [0.15, 0.2) is 0 Å². The number of nitrogens with zero attached hydrogens (tertiary/aromatic N) is 1. The van der Waals surface area contributed by atoms with Crippen molar-refractivity contribution in [1.82, 2.24) is 0 Å². The quantitative estimate of drug-likeness (QED) is 0.841. The monoisotopic (exact) mass is 219 g/mol. The highest BCUT2D eigenvalue weighted by molar-refractivity contribution is 5.50. The molecule has 1 heterocycles. The summed E-state index contributed by atoms with van der Waals surface area (Å²) in [5, 5.41) is 8.98. The summed E-state index contributed by atoms with van der Waals surface area (Å²) in [6.07, 6.45) is 2.55. The fourth-order valence-electron chi connectivity index (χ4n) is 2.46. The van der Waals surface area contributed by atoms with Crippen molar-refractivity contribution < 1.29 is 5.11 Å². The van der Waals surface area contributed by atoms with Gasteiger partial charge in [-0.2, -0.15) is 0 Å². The highest BCUT2D eigenvalue weighted by Crippen LogP contribution is 2.39. The average Bonchev–Trinajstić information content (AvgIpc) is 2.30. The molecule has 1 aromatic rings. The number of aliphatic hydroxyl groups excluding tert-OH is 1. The van der Waals surface area contributed by atoms with Crippen molar-refractivity contribution in [2.75, 3.05) is 18.0 Å². The Morgan fingerprint density at radius 2 is 1.69 bits per heavy atom. The Labute approximate surface area is 97.9 Å². The highest BCUT2D eigenvalue weighted by Gasteiger charge is 2.39. The molecule has 2 rings (SSSR count). The Bertz CT molecular complexity index is 332. The molecule has 0 bridgehead atoms. The van der Waals surface area contributed by atoms with Gasteiger partial charge in [0, 0.05) is 24.2 Å². The van der Waals surface area contributed by atoms with E-state index in [1.807, 2.05) is 12.1 Å². The number of benzene rings is 1. The van der Waals surface area contributed by atoms with E-state index in [1.165, 1.54) is 31.6 Å². The van der Waals surface area contributed by atoms with E-state index in [9.17, 15) is 0 Å². The molecule has 0 radical (unpaired) electrons. The molecule has 0 amide bonds. The van der Waals surface area contributed by atoms with Crippen LogP contribution in [0.25, 0.3) is 0 Å². The maximum absolute atomic E-state index is 8.98. The number of anilines is 1. The average molecular weight is 219 g/mol. The van der Waals surface area contributed by atoms with Crippen molar-refractivity contribution in [3.05, 3.63) is 29.8 Å². The molecule has 1 aliphatic rings. The van der Waals surface area contributed by atoms with Crippen molar-refractivity contribution in [2.45, 2.75) is 33.3 Å². The molecule has 1 fully saturated rings. The largest absolute Gasteiger partial charge is 0.392 e. The summed E-state index contributed by atoms with van der Waals surface area (Å²) in [4.78, 5) is 2.42. The first-order valence-corrected chi connectivity index (χ1v) is 6.18. The molecule has 1 N–H and O–H groups in total. The van der Waals surface area contributed by atoms with Gasteiger partial charge in [0.1, 0.15) is 0 Å². The molecule has 1 saturated heterocycles. The molecule has 88 valence electrons. The molecule has 2 nitrogen and oxygen atoms in total. The van der Waals surface area contributed by atoms with Crippen LogP contribution in [-0.2, 0) is 6.61 Å². The molecular formula is C14H21NO. The van der Waals surface area contributed by atoms with Crippen LogP contribution in [0.15, 0.2) is 24.3 Å². The molecule has 0 saturated carbocycles. The van der Waals surface area contributed by atoms with E-state index in [-0.39, 0.29) is 6.61 Å². The number of hydrogen-bond donors (Lipinski definition) is 1. The van der Waals surface area contributed by atoms with Gasteiger partial charge in [-0.3, -0.25) is 0 Å². The Morgan fingerprint density at radius 3 is 2.12 bits per heavy atom. The van der Waals surface area contributed by atoms with Crippen LogP contribution in [0, 0.1) is 5.41 Å². The fraction of sp³-hybridized carbons (Fsp3) is 0.571. The lowest BCUT2D eigenvalue weighted by Crippen LogP contribution is -2.55. The SMILES string of the molecule is CCC1(CC)CN(c2ccc(CO)cc2)C1. The predicted octanol–water partition coefficient (Wildman–Crippen LogP) is 2.81. The molecule has 0 atom stereocenters. The van der Waals surface area contributed by atoms with E-state index >= 15 is 0 Å². The maximum atomic E-state index is 8.98. The molecule has 0 unspecified atom stereocenters. The van der Waals surface area contributed by atoms with Gasteiger partial charge in [0.05, 0.1) is 6.61 Å². The first-order chi connectivity index (χ1) is 7.73. The van der Waals surface area contributed by atoms with Gasteiger partial charge in [0.25, 0.3) is 0 Å². The Balaban J connectivity index is 2.00. The van der Waals surface area contributed by atoms with E-state index in [2.05, 4.69) is 30.9 Å². The van der Waals surface area contributed by atoms with Crippen LogP contribution >= 0.6 is 0 Å². The zero-order chi connectivity index (χ0) is 11.6. The lowest BCUT2D eigenvalue weighted by atomic mass is 9.75. The zero-order valence-corrected chi connectivity index (χ0v) is 10.2. The van der Waals surface area contributed by atoms with Crippen LogP contribution in [0.2, 0.25) is 0 Å². The van der Waals surface area contributed by atoms with Gasteiger partial charge in [-0.25, -0.2) is 0 Å². The smallest absolute Gasteiger partial charge is 0.0681 e. The van der Waals surface area contributed by atoms with Crippen LogP contribution < -0.4 is 4.90 Å². The third-order valence-electron chi connectivity index (χ3n) is 4.04. The first kappa shape index (κ1) is 11.5. The summed E-state index contributed by atoms with van der Waals surface area (Å²) in [6, 6.07) is 8.24. The van der Waals surface area contributed by atoms with E-state index in [0.717, 1.165) is 5.56 Å². The summed E-state index contributed by atoms with van der Waals surface area (Å²) in [5.41, 5.74) is 2.83. The highest BCUT2D eigenvalue weighted by atomic mass is 16.3. The Hall–Kier alpha value is -1.02. The van der Waals surface area contributed by atoms with Crippen LogP contribution in [0.4, 0.5) is 5.69 Å². The van der Waals surface area contributed by atoms with E-state index < -0.39 is 0 Å². The fourth-order valence-corrected chi connectivity index (χ4v) is 2.46. The number of aliphatic hydroxyl groups is 1. The summed E-state index contributed by atoms with van der Waals surface area (Å²) >= 11 is 0. The second kappa shape index (κ2) is 4.46. The van der Waals surface area contributed by atoms with Gasteiger partial charge in [-0.15, -0.1) is 0 Å². The van der Waals surface area contributed by atoms with Crippen LogP contribution in [0.1, 0.15) is 32.3 Å². The second-order valence-corrected chi connectivity index (χ2v) is 4.89. The Kier molecular flexibility index (Phi) is 3.20. The van der Waals surface area contributed by atoms with Gasteiger partial charge in [-0.1, -0.05) is 26.0 Å². The summed E-state index contributed by atoms with van der Waals surface area (Å²) in [7, 11) is 0. The Morgan fingerprint density at radius 1 is 1.12 bits per heavy atom. The van der Waals surface area contributed by atoms with Crippen LogP contribution in [-0.4, -0.2) is 18.2 Å². The maximum Gasteiger partial charge on any atom is 0.0681 e. The van der Waals surface area contributed by atoms with Gasteiger partial charge < -0.3 is 10.0 Å². The summed E-state index contributed by atoms with van der Waals surface area (Å²) in [6.45, 7) is 7.07. The summed E-state index contributed by atoms with van der Waals surface area (Å²) < 4.78 is 0. The molecule has 0 aliphatic carbocycles. The summed E-state index contributed by atoms with van der Waals surface area (Å²) in [5.74, 6) is 0. The topological polar surface area (TPSA) is 23.5 Å². The third-order valence-corrected chi connectivity index (χ3v) is 4.04. The van der Waals surface area contributed by atoms with Crippen LogP contribution in [0.5, 0.6) is 0 Å². The van der Waals surface area contributed by atoms with Gasteiger partial charge >= 0.3 is 0 Å². The molecule has 1 aliphatic heterocycles. The third kappa shape index (κ3) is 1.94.